The molecule has 0 amide bonds. The molecule has 1 atom stereocenters. The van der Waals surface area contributed by atoms with E-state index >= 15 is 0 Å². The normalized spacial score (nSPS) is 20.4. The van der Waals surface area contributed by atoms with Crippen molar-refractivity contribution < 1.29 is 0 Å². The van der Waals surface area contributed by atoms with Gasteiger partial charge in [-0.1, -0.05) is 19.1 Å². The minimum absolute atomic E-state index is 0.750. The average Bonchev–Trinajstić information content (AvgIpc) is 2.87. The van der Waals surface area contributed by atoms with E-state index in [0.717, 1.165) is 19.1 Å². The maximum Gasteiger partial charge on any atom is 0.0221 e. The molecule has 3 heteroatoms. The molecule has 0 saturated carbocycles. The number of hydrogen-bond acceptors (Lipinski definition) is 3. The van der Waals surface area contributed by atoms with Crippen LogP contribution in [0.3, 0.4) is 0 Å². The summed E-state index contributed by atoms with van der Waals surface area (Å²) in [5.74, 6) is 0. The lowest BCUT2D eigenvalue weighted by Crippen LogP contribution is -2.37. The van der Waals surface area contributed by atoms with Crippen molar-refractivity contribution in [3.63, 3.8) is 0 Å². The summed E-state index contributed by atoms with van der Waals surface area (Å²) in [6.07, 6.45) is 4.83. The lowest BCUT2D eigenvalue weighted by Gasteiger charge is -2.23. The summed E-state index contributed by atoms with van der Waals surface area (Å²) in [6, 6.07) is 9.61. The third-order valence-electron chi connectivity index (χ3n) is 3.77. The molecule has 0 unspecified atom stereocenters. The van der Waals surface area contributed by atoms with Gasteiger partial charge in [0, 0.05) is 24.0 Å². The first-order chi connectivity index (χ1) is 8.83. The third-order valence-corrected chi connectivity index (χ3v) is 4.52. The molecule has 2 rings (SSSR count). The van der Waals surface area contributed by atoms with E-state index in [1.165, 1.54) is 36.4 Å². The van der Waals surface area contributed by atoms with Crippen LogP contribution in [0.15, 0.2) is 29.2 Å². The Morgan fingerprint density at radius 3 is 2.78 bits per heavy atom. The molecule has 1 aliphatic heterocycles. The first-order valence-electron chi connectivity index (χ1n) is 6.91. The van der Waals surface area contributed by atoms with E-state index in [1.807, 2.05) is 0 Å². The monoisotopic (exact) mass is 264 g/mol. The van der Waals surface area contributed by atoms with Gasteiger partial charge in [0.1, 0.15) is 0 Å². The molecular formula is C15H24N2S. The second-order valence-electron chi connectivity index (χ2n) is 4.90. The van der Waals surface area contributed by atoms with E-state index in [1.54, 1.807) is 11.8 Å². The zero-order valence-electron chi connectivity index (χ0n) is 11.5. The molecule has 0 bridgehead atoms. The van der Waals surface area contributed by atoms with Crippen molar-refractivity contribution in [3.05, 3.63) is 29.8 Å². The van der Waals surface area contributed by atoms with Gasteiger partial charge in [-0.3, -0.25) is 4.90 Å². The summed E-state index contributed by atoms with van der Waals surface area (Å²) in [5.41, 5.74) is 1.38. The molecule has 1 heterocycles. The summed E-state index contributed by atoms with van der Waals surface area (Å²) in [7, 11) is 0. The molecule has 0 aromatic heterocycles. The van der Waals surface area contributed by atoms with E-state index in [4.69, 9.17) is 0 Å². The number of nitrogens with zero attached hydrogens (tertiary/aromatic N) is 1. The zero-order valence-corrected chi connectivity index (χ0v) is 12.3. The van der Waals surface area contributed by atoms with Gasteiger partial charge in [0.25, 0.3) is 0 Å². The molecule has 18 heavy (non-hydrogen) atoms. The highest BCUT2D eigenvalue weighted by molar-refractivity contribution is 7.98. The Morgan fingerprint density at radius 2 is 2.11 bits per heavy atom. The predicted molar refractivity (Wildman–Crippen MR) is 80.2 cm³/mol. The molecule has 0 radical (unpaired) electrons. The van der Waals surface area contributed by atoms with E-state index in [-0.39, 0.29) is 0 Å². The van der Waals surface area contributed by atoms with E-state index in [2.05, 4.69) is 47.7 Å². The molecule has 1 saturated heterocycles. The fourth-order valence-electron chi connectivity index (χ4n) is 2.67. The van der Waals surface area contributed by atoms with E-state index in [0.29, 0.717) is 0 Å². The first-order valence-corrected chi connectivity index (χ1v) is 8.13. The summed E-state index contributed by atoms with van der Waals surface area (Å²) < 4.78 is 0. The van der Waals surface area contributed by atoms with Gasteiger partial charge in [0.15, 0.2) is 0 Å². The molecule has 2 nitrogen and oxygen atoms in total. The SMILES string of the molecule is CCN1CCC[C@H]1CNCc1ccc(SC)cc1. The Bertz CT molecular complexity index is 350. The van der Waals surface area contributed by atoms with Crippen LogP contribution in [0.2, 0.25) is 0 Å². The van der Waals surface area contributed by atoms with Gasteiger partial charge in [-0.05, 0) is 49.9 Å². The predicted octanol–water partition coefficient (Wildman–Crippen LogP) is 2.98. The van der Waals surface area contributed by atoms with Crippen LogP contribution in [0.1, 0.15) is 25.3 Å². The molecule has 100 valence electrons. The van der Waals surface area contributed by atoms with Gasteiger partial charge >= 0.3 is 0 Å². The Hall–Kier alpha value is -0.510. The van der Waals surface area contributed by atoms with Crippen molar-refractivity contribution in [3.8, 4) is 0 Å². The van der Waals surface area contributed by atoms with Gasteiger partial charge in [-0.15, -0.1) is 11.8 Å². The summed E-state index contributed by atoms with van der Waals surface area (Å²) in [4.78, 5) is 3.93. The summed E-state index contributed by atoms with van der Waals surface area (Å²) in [5, 5.41) is 3.60. The Morgan fingerprint density at radius 1 is 1.33 bits per heavy atom. The third kappa shape index (κ3) is 3.74. The molecular weight excluding hydrogens is 240 g/mol. The lowest BCUT2D eigenvalue weighted by atomic mass is 10.2. The summed E-state index contributed by atoms with van der Waals surface area (Å²) in [6.45, 7) is 6.85. The largest absolute Gasteiger partial charge is 0.311 e. The van der Waals surface area contributed by atoms with Gasteiger partial charge in [-0.25, -0.2) is 0 Å². The minimum atomic E-state index is 0.750. The molecule has 1 fully saturated rings. The average molecular weight is 264 g/mol. The summed E-state index contributed by atoms with van der Waals surface area (Å²) >= 11 is 1.80. The van der Waals surface area contributed by atoms with Crippen molar-refractivity contribution in [2.75, 3.05) is 25.9 Å². The molecule has 1 N–H and O–H groups in total. The van der Waals surface area contributed by atoms with Crippen LogP contribution in [-0.4, -0.2) is 36.8 Å². The van der Waals surface area contributed by atoms with E-state index < -0.39 is 0 Å². The first kappa shape index (κ1) is 13.9. The number of likely N-dealkylation sites (tertiary alicyclic amines) is 1. The number of likely N-dealkylation sites (N-methyl/N-ethyl adjacent to an activating group) is 1. The standard InChI is InChI=1S/C15H24N2S/c1-3-17-10-4-5-14(17)12-16-11-13-6-8-15(18-2)9-7-13/h6-9,14,16H,3-5,10-12H2,1-2H3/t14-/m0/s1. The van der Waals surface area contributed by atoms with Crippen molar-refractivity contribution >= 4 is 11.8 Å². The molecule has 1 aromatic carbocycles. The van der Waals surface area contributed by atoms with Crippen LogP contribution in [0.25, 0.3) is 0 Å². The molecule has 1 aliphatic rings. The van der Waals surface area contributed by atoms with Crippen molar-refractivity contribution in [1.82, 2.24) is 10.2 Å². The topological polar surface area (TPSA) is 15.3 Å². The number of rotatable bonds is 6. The molecule has 0 spiro atoms. The number of nitrogens with one attached hydrogen (secondary N) is 1. The van der Waals surface area contributed by atoms with Gasteiger partial charge in [0.2, 0.25) is 0 Å². The molecule has 0 aliphatic carbocycles. The maximum atomic E-state index is 3.60. The lowest BCUT2D eigenvalue weighted by molar-refractivity contribution is 0.260. The van der Waals surface area contributed by atoms with Crippen LogP contribution in [0.4, 0.5) is 0 Å². The quantitative estimate of drug-likeness (QED) is 0.795. The minimum Gasteiger partial charge on any atom is -0.311 e. The highest BCUT2D eigenvalue weighted by Gasteiger charge is 2.21. The van der Waals surface area contributed by atoms with Gasteiger partial charge in [-0.2, -0.15) is 0 Å². The smallest absolute Gasteiger partial charge is 0.0221 e. The number of benzene rings is 1. The highest BCUT2D eigenvalue weighted by Crippen LogP contribution is 2.16. The van der Waals surface area contributed by atoms with Crippen LogP contribution in [0, 0.1) is 0 Å². The van der Waals surface area contributed by atoms with Crippen molar-refractivity contribution in [2.45, 2.75) is 37.2 Å². The second kappa shape index (κ2) is 7.17. The van der Waals surface area contributed by atoms with Crippen LogP contribution in [-0.2, 0) is 6.54 Å². The van der Waals surface area contributed by atoms with Crippen molar-refractivity contribution in [2.24, 2.45) is 0 Å². The fraction of sp³-hybridized carbons (Fsp3) is 0.600. The van der Waals surface area contributed by atoms with Gasteiger partial charge < -0.3 is 5.32 Å². The maximum absolute atomic E-state index is 3.60. The van der Waals surface area contributed by atoms with Crippen LogP contribution >= 0.6 is 11.8 Å². The van der Waals surface area contributed by atoms with Gasteiger partial charge in [0.05, 0.1) is 0 Å². The fourth-order valence-corrected chi connectivity index (χ4v) is 3.08. The Kier molecular flexibility index (Phi) is 5.54. The van der Waals surface area contributed by atoms with E-state index in [9.17, 15) is 0 Å². The molecule has 1 aromatic rings. The Labute approximate surface area is 115 Å². The number of hydrogen-bond donors (Lipinski definition) is 1. The highest BCUT2D eigenvalue weighted by atomic mass is 32.2. The Balaban J connectivity index is 1.74. The second-order valence-corrected chi connectivity index (χ2v) is 5.78. The van der Waals surface area contributed by atoms with Crippen molar-refractivity contribution in [1.29, 1.82) is 0 Å². The van der Waals surface area contributed by atoms with Crippen LogP contribution in [0.5, 0.6) is 0 Å². The van der Waals surface area contributed by atoms with Crippen LogP contribution < -0.4 is 5.32 Å². The number of thioether (sulfide) groups is 1. The zero-order chi connectivity index (χ0) is 12.8.